The number of aryl methyl sites for hydroxylation is 1. The molecule has 5 aromatic rings. The van der Waals surface area contributed by atoms with Crippen LogP contribution in [-0.4, -0.2) is 126 Å². The summed E-state index contributed by atoms with van der Waals surface area (Å²) in [5, 5.41) is 9.33. The molecule has 2 aliphatic heterocycles. The Morgan fingerprint density at radius 3 is 2.16 bits per heavy atom. The van der Waals surface area contributed by atoms with Crippen LogP contribution in [0.3, 0.4) is 0 Å². The molecule has 4 fully saturated rings. The van der Waals surface area contributed by atoms with E-state index in [0.29, 0.717) is 97.3 Å². The van der Waals surface area contributed by atoms with E-state index >= 15 is 0 Å². The first-order valence-electron chi connectivity index (χ1n) is 29.0. The quantitative estimate of drug-likeness (QED) is 0.0489. The number of carbonyl (C=O) groups excluding carboxylic acids is 6. The molecule has 2 saturated heterocycles. The van der Waals surface area contributed by atoms with Crippen molar-refractivity contribution in [3.63, 3.8) is 0 Å². The molecule has 9 rings (SSSR count). The van der Waals surface area contributed by atoms with Gasteiger partial charge in [-0.15, -0.1) is 11.3 Å². The lowest BCUT2D eigenvalue weighted by Gasteiger charge is -2.36. The molecule has 18 nitrogen and oxygen atoms in total. The minimum atomic E-state index is -0.776. The highest BCUT2D eigenvalue weighted by molar-refractivity contribution is 7.10. The van der Waals surface area contributed by atoms with Crippen molar-refractivity contribution in [2.75, 3.05) is 50.0 Å². The molecular formula is C60H76FN11O7S. The van der Waals surface area contributed by atoms with Gasteiger partial charge in [0, 0.05) is 81.2 Å². The van der Waals surface area contributed by atoms with Crippen molar-refractivity contribution < 1.29 is 33.2 Å². The fourth-order valence-corrected chi connectivity index (χ4v) is 13.1. The second kappa shape index (κ2) is 26.5. The number of hydrogen-bond acceptors (Lipinski definition) is 14. The van der Waals surface area contributed by atoms with Gasteiger partial charge in [0.05, 0.1) is 23.5 Å². The molecule has 2 saturated carbocycles. The van der Waals surface area contributed by atoms with Crippen LogP contribution >= 0.6 is 11.3 Å². The normalized spacial score (nSPS) is 17.9. The fourth-order valence-electron chi connectivity index (χ4n) is 12.2. The molecule has 4 aliphatic rings. The van der Waals surface area contributed by atoms with Gasteiger partial charge in [-0.25, -0.2) is 19.3 Å². The number of anilines is 3. The van der Waals surface area contributed by atoms with Crippen molar-refractivity contribution in [1.29, 1.82) is 0 Å². The van der Waals surface area contributed by atoms with Gasteiger partial charge in [0.1, 0.15) is 40.1 Å². The molecule has 4 aromatic heterocycles. The van der Waals surface area contributed by atoms with Crippen molar-refractivity contribution in [2.45, 2.75) is 167 Å². The van der Waals surface area contributed by atoms with E-state index in [0.717, 1.165) is 102 Å². The molecule has 0 unspecified atom stereocenters. The third kappa shape index (κ3) is 13.4. The summed E-state index contributed by atoms with van der Waals surface area (Å²) >= 11 is 1.33. The van der Waals surface area contributed by atoms with E-state index in [9.17, 15) is 38.0 Å². The predicted octanol–water partition coefficient (Wildman–Crippen LogP) is 9.43. The molecule has 0 spiro atoms. The van der Waals surface area contributed by atoms with Gasteiger partial charge in [0.25, 0.3) is 5.56 Å². The van der Waals surface area contributed by atoms with Gasteiger partial charge in [-0.2, -0.15) is 4.98 Å². The number of unbranched alkanes of at least 4 members (excludes halogenated alkanes) is 5. The molecule has 4 amide bonds. The van der Waals surface area contributed by atoms with E-state index in [1.165, 1.54) is 47.4 Å². The Balaban J connectivity index is 0.669. The van der Waals surface area contributed by atoms with E-state index in [2.05, 4.69) is 30.5 Å². The zero-order chi connectivity index (χ0) is 56.5. The Morgan fingerprint density at radius 2 is 1.48 bits per heavy atom. The summed E-state index contributed by atoms with van der Waals surface area (Å²) in [6.07, 6.45) is 19.4. The van der Waals surface area contributed by atoms with Crippen molar-refractivity contribution in [2.24, 2.45) is 5.92 Å². The summed E-state index contributed by atoms with van der Waals surface area (Å²) < 4.78 is 15.2. The number of ketones is 2. The number of halogens is 1. The minimum absolute atomic E-state index is 0.0148. The molecule has 0 radical (unpaired) electrons. The summed E-state index contributed by atoms with van der Waals surface area (Å²) in [7, 11) is 1.65. The van der Waals surface area contributed by atoms with Crippen LogP contribution in [0.4, 0.5) is 21.8 Å². The lowest BCUT2D eigenvalue weighted by Crippen LogP contribution is -2.56. The first-order chi connectivity index (χ1) is 38.7. The average Bonchev–Trinajstić information content (AvgIpc) is 4.34. The number of fused-ring (bicyclic) bond motifs is 1. The zero-order valence-corrected chi connectivity index (χ0v) is 47.5. The maximum atomic E-state index is 14.5. The van der Waals surface area contributed by atoms with E-state index < -0.39 is 17.9 Å². The highest BCUT2D eigenvalue weighted by Gasteiger charge is 2.41. The number of nitrogens with zero attached hydrogens (tertiary/aromatic N) is 9. The molecular weight excluding hydrogens is 1040 g/mol. The Morgan fingerprint density at radius 1 is 0.787 bits per heavy atom. The Kier molecular flexibility index (Phi) is 19.1. The number of amides is 4. The number of pyridine rings is 2. The number of hydrogen-bond donors (Lipinski definition) is 2. The maximum absolute atomic E-state index is 14.5. The van der Waals surface area contributed by atoms with Crippen LogP contribution < -0.4 is 21.1 Å². The number of aromatic nitrogens is 5. The fraction of sp³-hybridized carbons (Fsp3) is 0.550. The molecule has 2 aliphatic carbocycles. The van der Waals surface area contributed by atoms with Gasteiger partial charge in [0.15, 0.2) is 5.78 Å². The van der Waals surface area contributed by atoms with Crippen LogP contribution in [-0.2, 0) is 19.2 Å². The summed E-state index contributed by atoms with van der Waals surface area (Å²) in [6.45, 7) is 8.05. The van der Waals surface area contributed by atoms with Gasteiger partial charge >= 0.3 is 0 Å². The highest BCUT2D eigenvalue weighted by atomic mass is 32.1. The molecule has 6 heterocycles. The summed E-state index contributed by atoms with van der Waals surface area (Å²) in [4.78, 5) is 120. The summed E-state index contributed by atoms with van der Waals surface area (Å²) in [5.74, 6) is -0.639. The van der Waals surface area contributed by atoms with Crippen LogP contribution in [0.25, 0.3) is 11.0 Å². The number of benzene rings is 1. The SMILES string of the molecule is CC(=O)c1c(C)c2cnc(Nc3ccc(N4CCN(C(=O)CCCCCCCCC(=O)N(C)[C@@H](C)C(=O)N[C@H](C(=O)N5CCC[C@H]5c5nc(C(=O)c6ccc(F)cc6)cs5)C5CCCCC5)CC4)cn3)nc2n(C2CCCC2)c1=O. The molecule has 20 heteroatoms. The lowest BCUT2D eigenvalue weighted by molar-refractivity contribution is -0.142. The van der Waals surface area contributed by atoms with Crippen molar-refractivity contribution in [3.05, 3.63) is 97.7 Å². The van der Waals surface area contributed by atoms with Crippen LogP contribution in [0.15, 0.2) is 59.0 Å². The topological polar surface area (TPSA) is 213 Å². The predicted molar refractivity (Wildman–Crippen MR) is 306 cm³/mol. The average molecular weight is 1110 g/mol. The van der Waals surface area contributed by atoms with Crippen LogP contribution in [0.2, 0.25) is 0 Å². The summed E-state index contributed by atoms with van der Waals surface area (Å²) in [6, 6.07) is 7.35. The molecule has 1 aromatic carbocycles. The van der Waals surface area contributed by atoms with Crippen LogP contribution in [0.1, 0.15) is 185 Å². The van der Waals surface area contributed by atoms with E-state index in [4.69, 9.17) is 4.98 Å². The number of carbonyl (C=O) groups is 6. The number of likely N-dealkylation sites (N-methyl/N-ethyl adjacent to an activating group) is 1. The van der Waals surface area contributed by atoms with Gasteiger partial charge in [-0.3, -0.25) is 38.1 Å². The Labute approximate surface area is 471 Å². The second-order valence-electron chi connectivity index (χ2n) is 22.3. The Hall–Kier alpha value is -6.96. The van der Waals surface area contributed by atoms with Crippen molar-refractivity contribution in [1.82, 2.24) is 44.5 Å². The lowest BCUT2D eigenvalue weighted by atomic mass is 9.83. The van der Waals surface area contributed by atoms with Crippen LogP contribution in [0, 0.1) is 18.7 Å². The van der Waals surface area contributed by atoms with E-state index in [-0.39, 0.29) is 70.0 Å². The standard InChI is InChI=1S/C60H76FN11O7S/c1-38-46-36-63-60(67-55(46)72(44-19-14-15-20-44)58(78)52(38)40(3)73)65-49-29-28-45(35-62-49)69-31-33-70(34-32-69)51(75)23-13-8-6-5-7-12-22-50(74)68(4)39(2)56(77)66-53(41-17-10-9-11-18-41)59(79)71-30-16-21-48(71)57-64-47(37-80-57)54(76)42-24-26-43(61)27-25-42/h24-29,35-37,39,41,44,48,53H,5-23,30-34H2,1-4H3,(H,66,77)(H,62,63,65,67)/t39-,48-,53-/m0/s1. The third-order valence-corrected chi connectivity index (χ3v) is 17.9. The minimum Gasteiger partial charge on any atom is -0.367 e. The van der Waals surface area contributed by atoms with E-state index in [1.807, 2.05) is 21.9 Å². The molecule has 426 valence electrons. The number of piperazine rings is 1. The summed E-state index contributed by atoms with van der Waals surface area (Å²) in [5.41, 5.74) is 2.56. The van der Waals surface area contributed by atoms with Crippen molar-refractivity contribution in [3.8, 4) is 0 Å². The van der Waals surface area contributed by atoms with Crippen LogP contribution in [0.5, 0.6) is 0 Å². The number of likely N-dealkylation sites (tertiary alicyclic amines) is 1. The number of Topliss-reactive ketones (excluding diaryl/α,β-unsaturated/α-hetero) is 1. The van der Waals surface area contributed by atoms with Crippen molar-refractivity contribution >= 4 is 75.0 Å². The first kappa shape index (κ1) is 57.7. The third-order valence-electron chi connectivity index (χ3n) is 17.0. The highest BCUT2D eigenvalue weighted by Crippen LogP contribution is 2.37. The molecule has 80 heavy (non-hydrogen) atoms. The number of thiazole rings is 1. The zero-order valence-electron chi connectivity index (χ0n) is 46.7. The molecule has 0 bridgehead atoms. The largest absolute Gasteiger partial charge is 0.367 e. The Bertz CT molecular complexity index is 3090. The maximum Gasteiger partial charge on any atom is 0.263 e. The first-order valence-corrected chi connectivity index (χ1v) is 29.9. The van der Waals surface area contributed by atoms with Gasteiger partial charge in [-0.1, -0.05) is 57.8 Å². The van der Waals surface area contributed by atoms with Gasteiger partial charge in [0.2, 0.25) is 35.4 Å². The smallest absolute Gasteiger partial charge is 0.263 e. The number of rotatable bonds is 22. The van der Waals surface area contributed by atoms with Gasteiger partial charge < -0.3 is 30.2 Å². The second-order valence-corrected chi connectivity index (χ2v) is 23.2. The number of nitrogens with one attached hydrogen (secondary N) is 2. The molecule has 2 N–H and O–H groups in total. The van der Waals surface area contributed by atoms with Gasteiger partial charge in [-0.05, 0) is 120 Å². The van der Waals surface area contributed by atoms with E-state index in [1.54, 1.807) is 43.2 Å². The monoisotopic (exact) mass is 1110 g/mol. The molecule has 3 atom stereocenters.